The number of rotatable bonds is 1. The molecule has 3 unspecified atom stereocenters. The average molecular weight is 281 g/mol. The van der Waals surface area contributed by atoms with Gasteiger partial charge in [-0.05, 0) is 30.2 Å². The molecule has 2 aliphatic rings. The van der Waals surface area contributed by atoms with Crippen molar-refractivity contribution in [2.24, 2.45) is 5.92 Å². The van der Waals surface area contributed by atoms with E-state index in [0.29, 0.717) is 24.9 Å². The molecule has 0 bridgehead atoms. The van der Waals surface area contributed by atoms with Crippen LogP contribution in [0.1, 0.15) is 18.5 Å². The molecule has 1 aromatic carbocycles. The van der Waals surface area contributed by atoms with Crippen LogP contribution in [0.3, 0.4) is 0 Å². The van der Waals surface area contributed by atoms with E-state index in [2.05, 4.69) is 12.2 Å². The summed E-state index contributed by atoms with van der Waals surface area (Å²) in [4.78, 5) is 0. The Balaban J connectivity index is 1.83. The summed E-state index contributed by atoms with van der Waals surface area (Å²) in [5, 5.41) is 3.50. The van der Waals surface area contributed by atoms with Crippen molar-refractivity contribution in [3.63, 3.8) is 0 Å². The van der Waals surface area contributed by atoms with E-state index in [0.717, 1.165) is 29.4 Å². The van der Waals surface area contributed by atoms with E-state index in [4.69, 9.17) is 9.47 Å². The minimum Gasteiger partial charge on any atom is -0.486 e. The van der Waals surface area contributed by atoms with Gasteiger partial charge in [-0.25, -0.2) is 0 Å². The third-order valence-electron chi connectivity index (χ3n) is 3.50. The fourth-order valence-electron chi connectivity index (χ4n) is 2.52. The Bertz CT molecular complexity index is 492. The predicted molar refractivity (Wildman–Crippen MR) is 75.2 cm³/mol. The molecule has 0 aliphatic carbocycles. The summed E-state index contributed by atoms with van der Waals surface area (Å²) >= 11 is 0. The fraction of sp³-hybridized carbons (Fsp3) is 0.571. The van der Waals surface area contributed by atoms with Crippen molar-refractivity contribution in [1.82, 2.24) is 5.32 Å². The Hall–Kier alpha value is -1.07. The molecule has 0 aromatic heterocycles. The number of hydrogen-bond donors (Lipinski definition) is 1. The lowest BCUT2D eigenvalue weighted by Crippen LogP contribution is -2.26. The first-order valence-electron chi connectivity index (χ1n) is 6.70. The normalized spacial score (nSPS) is 30.7. The van der Waals surface area contributed by atoms with E-state index in [1.807, 2.05) is 18.2 Å². The van der Waals surface area contributed by atoms with Crippen molar-refractivity contribution in [2.45, 2.75) is 13.0 Å². The molecular weight excluding hydrogens is 262 g/mol. The van der Waals surface area contributed by atoms with E-state index < -0.39 is 10.8 Å². The van der Waals surface area contributed by atoms with Crippen molar-refractivity contribution < 1.29 is 13.7 Å². The lowest BCUT2D eigenvalue weighted by molar-refractivity contribution is 0.171. The van der Waals surface area contributed by atoms with Crippen LogP contribution < -0.4 is 14.8 Å². The van der Waals surface area contributed by atoms with Crippen molar-refractivity contribution in [3.05, 3.63) is 23.8 Å². The van der Waals surface area contributed by atoms with E-state index in [1.165, 1.54) is 0 Å². The standard InChI is InChI=1S/C14H19NO3S/c1-10-7-15-12(9-19(16)8-10)11-2-3-13-14(6-11)18-5-4-17-13/h2-3,6,10,12,15H,4-5,7-9H2,1H3. The van der Waals surface area contributed by atoms with Crippen LogP contribution in [0, 0.1) is 5.92 Å². The Morgan fingerprint density at radius 2 is 2.00 bits per heavy atom. The van der Waals surface area contributed by atoms with Crippen LogP contribution in [0.25, 0.3) is 0 Å². The van der Waals surface area contributed by atoms with Gasteiger partial charge in [0, 0.05) is 28.3 Å². The Kier molecular flexibility index (Phi) is 3.75. The van der Waals surface area contributed by atoms with Gasteiger partial charge in [0.1, 0.15) is 13.2 Å². The summed E-state index contributed by atoms with van der Waals surface area (Å²) in [6.45, 7) is 4.25. The summed E-state index contributed by atoms with van der Waals surface area (Å²) in [5.74, 6) is 3.52. The van der Waals surface area contributed by atoms with Gasteiger partial charge in [-0.1, -0.05) is 13.0 Å². The molecule has 0 amide bonds. The highest BCUT2D eigenvalue weighted by Crippen LogP contribution is 2.33. The van der Waals surface area contributed by atoms with Crippen molar-refractivity contribution in [3.8, 4) is 11.5 Å². The van der Waals surface area contributed by atoms with Gasteiger partial charge < -0.3 is 14.8 Å². The molecule has 0 radical (unpaired) electrons. The first-order chi connectivity index (χ1) is 9.22. The number of fused-ring (bicyclic) bond motifs is 1. The van der Waals surface area contributed by atoms with Gasteiger partial charge in [0.05, 0.1) is 0 Å². The minimum atomic E-state index is -0.755. The number of ether oxygens (including phenoxy) is 2. The van der Waals surface area contributed by atoms with Crippen LogP contribution >= 0.6 is 0 Å². The van der Waals surface area contributed by atoms with E-state index >= 15 is 0 Å². The Morgan fingerprint density at radius 3 is 2.84 bits per heavy atom. The molecule has 1 saturated heterocycles. The molecule has 2 aliphatic heterocycles. The molecule has 4 nitrogen and oxygen atoms in total. The molecular formula is C14H19NO3S. The van der Waals surface area contributed by atoms with Crippen LogP contribution in [-0.4, -0.2) is 35.5 Å². The topological polar surface area (TPSA) is 47.6 Å². The third-order valence-corrected chi connectivity index (χ3v) is 5.15. The maximum absolute atomic E-state index is 12.0. The first-order valence-corrected chi connectivity index (χ1v) is 8.19. The second kappa shape index (κ2) is 5.51. The van der Waals surface area contributed by atoms with Crippen molar-refractivity contribution in [1.29, 1.82) is 0 Å². The quantitative estimate of drug-likeness (QED) is 0.847. The van der Waals surface area contributed by atoms with E-state index in [-0.39, 0.29) is 6.04 Å². The molecule has 104 valence electrons. The van der Waals surface area contributed by atoms with Crippen LogP contribution in [0.15, 0.2) is 18.2 Å². The molecule has 1 N–H and O–H groups in total. The zero-order valence-corrected chi connectivity index (χ0v) is 11.9. The van der Waals surface area contributed by atoms with Gasteiger partial charge in [-0.3, -0.25) is 4.21 Å². The highest BCUT2D eigenvalue weighted by Gasteiger charge is 2.23. The predicted octanol–water partition coefficient (Wildman–Crippen LogP) is 1.49. The van der Waals surface area contributed by atoms with Gasteiger partial charge in [0.15, 0.2) is 11.5 Å². The second-order valence-corrected chi connectivity index (χ2v) is 6.79. The number of hydrogen-bond acceptors (Lipinski definition) is 4. The molecule has 1 aromatic rings. The third kappa shape index (κ3) is 2.92. The number of nitrogens with one attached hydrogen (secondary N) is 1. The maximum atomic E-state index is 12.0. The lowest BCUT2D eigenvalue weighted by Gasteiger charge is -2.21. The molecule has 3 atom stereocenters. The second-order valence-electron chi connectivity index (χ2n) is 5.24. The first kappa shape index (κ1) is 12.9. The minimum absolute atomic E-state index is 0.140. The zero-order chi connectivity index (χ0) is 13.2. The Labute approximate surface area is 115 Å². The lowest BCUT2D eigenvalue weighted by atomic mass is 10.1. The summed E-state index contributed by atoms with van der Waals surface area (Å²) in [6.07, 6.45) is 0. The molecule has 0 spiro atoms. The van der Waals surface area contributed by atoms with Crippen LogP contribution in [0.4, 0.5) is 0 Å². The summed E-state index contributed by atoms with van der Waals surface area (Å²) in [5.41, 5.74) is 1.13. The molecule has 2 heterocycles. The fourth-order valence-corrected chi connectivity index (χ4v) is 4.09. The van der Waals surface area contributed by atoms with Gasteiger partial charge in [0.25, 0.3) is 0 Å². The van der Waals surface area contributed by atoms with Crippen molar-refractivity contribution >= 4 is 10.8 Å². The summed E-state index contributed by atoms with van der Waals surface area (Å²) in [7, 11) is -0.755. The van der Waals surface area contributed by atoms with Gasteiger partial charge in [-0.2, -0.15) is 0 Å². The molecule has 5 heteroatoms. The highest BCUT2D eigenvalue weighted by atomic mass is 32.2. The van der Waals surface area contributed by atoms with E-state index in [9.17, 15) is 4.21 Å². The monoisotopic (exact) mass is 281 g/mol. The van der Waals surface area contributed by atoms with Crippen LogP contribution in [0.2, 0.25) is 0 Å². The van der Waals surface area contributed by atoms with Gasteiger partial charge in [0.2, 0.25) is 0 Å². The van der Waals surface area contributed by atoms with Crippen molar-refractivity contribution in [2.75, 3.05) is 31.3 Å². The molecule has 0 saturated carbocycles. The van der Waals surface area contributed by atoms with Gasteiger partial charge in [-0.15, -0.1) is 0 Å². The van der Waals surface area contributed by atoms with Crippen LogP contribution in [-0.2, 0) is 10.8 Å². The zero-order valence-electron chi connectivity index (χ0n) is 11.1. The summed E-state index contributed by atoms with van der Waals surface area (Å²) < 4.78 is 23.1. The number of benzene rings is 1. The average Bonchev–Trinajstić information content (AvgIpc) is 2.59. The largest absolute Gasteiger partial charge is 0.486 e. The maximum Gasteiger partial charge on any atom is 0.161 e. The SMILES string of the molecule is CC1CNC(c2ccc3c(c2)OCCO3)CS(=O)C1. The smallest absolute Gasteiger partial charge is 0.161 e. The highest BCUT2D eigenvalue weighted by molar-refractivity contribution is 7.85. The van der Waals surface area contributed by atoms with Crippen LogP contribution in [0.5, 0.6) is 11.5 Å². The van der Waals surface area contributed by atoms with Gasteiger partial charge >= 0.3 is 0 Å². The van der Waals surface area contributed by atoms with E-state index in [1.54, 1.807) is 0 Å². The molecule has 19 heavy (non-hydrogen) atoms. The molecule has 3 rings (SSSR count). The Morgan fingerprint density at radius 1 is 1.21 bits per heavy atom. The molecule has 1 fully saturated rings. The summed E-state index contributed by atoms with van der Waals surface area (Å²) in [6, 6.07) is 6.14.